The molecule has 10 nitrogen and oxygen atoms in total. The van der Waals surface area contributed by atoms with Gasteiger partial charge in [-0.3, -0.25) is 4.79 Å². The first-order chi connectivity index (χ1) is 16.7. The van der Waals surface area contributed by atoms with E-state index in [0.717, 1.165) is 12.8 Å². The van der Waals surface area contributed by atoms with Crippen molar-refractivity contribution in [2.24, 2.45) is 5.84 Å². The van der Waals surface area contributed by atoms with E-state index in [0.29, 0.717) is 17.0 Å². The zero-order valence-electron chi connectivity index (χ0n) is 19.6. The van der Waals surface area contributed by atoms with Crippen LogP contribution in [0.5, 0.6) is 0 Å². The van der Waals surface area contributed by atoms with Crippen molar-refractivity contribution in [3.05, 3.63) is 71.8 Å². The molecular formula is C25H35N3O7. The number of hydrogen-bond acceptors (Lipinski definition) is 8. The van der Waals surface area contributed by atoms with E-state index in [1.54, 1.807) is 30.3 Å². The van der Waals surface area contributed by atoms with Crippen molar-refractivity contribution in [3.8, 4) is 0 Å². The molecule has 2 unspecified atom stereocenters. The highest BCUT2D eigenvalue weighted by molar-refractivity contribution is 5.76. The second-order valence-corrected chi connectivity index (χ2v) is 8.37. The largest absolute Gasteiger partial charge is 0.448 e. The molecule has 0 saturated heterocycles. The first-order valence-corrected chi connectivity index (χ1v) is 11.5. The quantitative estimate of drug-likeness (QED) is 0.0733. The third-order valence-electron chi connectivity index (χ3n) is 5.46. The molecule has 0 aliphatic rings. The van der Waals surface area contributed by atoms with Crippen molar-refractivity contribution in [1.82, 2.24) is 10.3 Å². The fourth-order valence-electron chi connectivity index (χ4n) is 3.46. The van der Waals surface area contributed by atoms with E-state index in [4.69, 9.17) is 15.7 Å². The highest BCUT2D eigenvalue weighted by atomic mass is 16.6. The van der Waals surface area contributed by atoms with E-state index in [9.17, 15) is 24.9 Å². The van der Waals surface area contributed by atoms with Crippen molar-refractivity contribution < 1.29 is 34.8 Å². The number of ether oxygens (including phenoxy) is 1. The molecule has 0 aliphatic heterocycles. The first-order valence-electron chi connectivity index (χ1n) is 11.5. The summed E-state index contributed by atoms with van der Waals surface area (Å²) in [6, 6.07) is 17.3. The molecule has 192 valence electrons. The number of rotatable bonds is 14. The topological polar surface area (TPSA) is 166 Å². The maximum Gasteiger partial charge on any atom is 0.424 e. The van der Waals surface area contributed by atoms with E-state index in [-0.39, 0.29) is 13.0 Å². The van der Waals surface area contributed by atoms with Crippen LogP contribution in [0.1, 0.15) is 30.4 Å². The van der Waals surface area contributed by atoms with Crippen molar-refractivity contribution in [3.63, 3.8) is 0 Å². The van der Waals surface area contributed by atoms with Gasteiger partial charge in [-0.2, -0.15) is 0 Å². The fourth-order valence-corrected chi connectivity index (χ4v) is 3.46. The minimum Gasteiger partial charge on any atom is -0.448 e. The molecule has 2 atom stereocenters. The lowest BCUT2D eigenvalue weighted by atomic mass is 9.97. The van der Waals surface area contributed by atoms with Gasteiger partial charge in [-0.05, 0) is 36.8 Å². The van der Waals surface area contributed by atoms with Gasteiger partial charge in [-0.1, -0.05) is 60.7 Å². The van der Waals surface area contributed by atoms with Gasteiger partial charge >= 0.3 is 6.09 Å². The molecule has 0 fully saturated rings. The predicted octanol–water partition coefficient (Wildman–Crippen LogP) is 0.473. The Labute approximate surface area is 204 Å². The maximum atomic E-state index is 12.6. The van der Waals surface area contributed by atoms with E-state index >= 15 is 0 Å². The molecule has 0 saturated carbocycles. The van der Waals surface area contributed by atoms with Crippen LogP contribution in [0.15, 0.2) is 60.7 Å². The second-order valence-electron chi connectivity index (χ2n) is 8.37. The number of carbonyl (C=O) groups is 2. The number of nitrogens with zero attached hydrogens (tertiary/aromatic N) is 1. The lowest BCUT2D eigenvalue weighted by molar-refractivity contribution is -0.200. The molecule has 0 bridgehead atoms. The Morgan fingerprint density at radius 3 is 2.20 bits per heavy atom. The Hall–Kier alpha value is -3.02. The van der Waals surface area contributed by atoms with Gasteiger partial charge in [0.2, 0.25) is 11.7 Å². The second kappa shape index (κ2) is 14.4. The molecule has 0 spiro atoms. The normalized spacial score (nSPS) is 13.1. The number of aliphatic hydroxyl groups excluding tert-OH is 2. The van der Waals surface area contributed by atoms with Gasteiger partial charge in [-0.15, -0.1) is 0 Å². The molecule has 10 heteroatoms. The van der Waals surface area contributed by atoms with Crippen LogP contribution in [-0.2, 0) is 22.4 Å². The Morgan fingerprint density at radius 1 is 1.00 bits per heavy atom. The van der Waals surface area contributed by atoms with Gasteiger partial charge in [0.1, 0.15) is 6.04 Å². The van der Waals surface area contributed by atoms with Crippen LogP contribution >= 0.6 is 0 Å². The summed E-state index contributed by atoms with van der Waals surface area (Å²) < 4.78 is 5.24. The number of unbranched alkanes of at least 4 members (excludes halogenated alkanes) is 1. The summed E-state index contributed by atoms with van der Waals surface area (Å²) in [7, 11) is 0. The first kappa shape index (κ1) is 28.2. The van der Waals surface area contributed by atoms with Crippen molar-refractivity contribution in [2.45, 2.75) is 50.0 Å². The molecule has 0 radical (unpaired) electrons. The Morgan fingerprint density at radius 2 is 1.60 bits per heavy atom. The van der Waals surface area contributed by atoms with Crippen LogP contribution in [-0.4, -0.2) is 75.1 Å². The molecular weight excluding hydrogens is 454 g/mol. The standard InChI is InChI=1S/C25H35N3O7/c26-28(24(32)35-14-8-7-11-19-9-3-1-4-10-19)22(15-20-12-5-2-6-13-20)25(33,34)18-27-23(31)16-21(30)17-29/h1-6,9-10,12-13,21-22,29-30,33-34H,7-8,11,14-18,26H2,(H,27,31). The van der Waals surface area contributed by atoms with Gasteiger partial charge in [-0.25, -0.2) is 15.6 Å². The van der Waals surface area contributed by atoms with Crippen LogP contribution in [0.2, 0.25) is 0 Å². The number of hydrogen-bond donors (Lipinski definition) is 6. The number of carbonyl (C=O) groups excluding carboxylic acids is 2. The highest BCUT2D eigenvalue weighted by Crippen LogP contribution is 2.18. The molecule has 0 aliphatic carbocycles. The Balaban J connectivity index is 1.96. The number of hydrazine groups is 1. The average Bonchev–Trinajstić information content (AvgIpc) is 2.86. The molecule has 0 heterocycles. The molecule has 7 N–H and O–H groups in total. The number of nitrogens with one attached hydrogen (secondary N) is 1. The van der Waals surface area contributed by atoms with Gasteiger partial charge < -0.3 is 30.5 Å². The van der Waals surface area contributed by atoms with E-state index in [1.165, 1.54) is 5.56 Å². The zero-order valence-corrected chi connectivity index (χ0v) is 19.6. The van der Waals surface area contributed by atoms with E-state index in [1.807, 2.05) is 30.3 Å². The summed E-state index contributed by atoms with van der Waals surface area (Å²) >= 11 is 0. The van der Waals surface area contributed by atoms with Crippen LogP contribution in [0.3, 0.4) is 0 Å². The number of aryl methyl sites for hydroxylation is 1. The number of nitrogens with two attached hydrogens (primary N) is 1. The summed E-state index contributed by atoms with van der Waals surface area (Å²) in [4.78, 5) is 24.5. The monoisotopic (exact) mass is 489 g/mol. The Bertz CT molecular complexity index is 896. The summed E-state index contributed by atoms with van der Waals surface area (Å²) in [5.74, 6) is 2.64. The van der Waals surface area contributed by atoms with Crippen LogP contribution < -0.4 is 11.2 Å². The number of aliphatic hydroxyl groups is 4. The number of amides is 2. The minimum atomic E-state index is -2.61. The summed E-state index contributed by atoms with van der Waals surface area (Å²) in [6.07, 6.45) is -0.418. The number of benzene rings is 2. The summed E-state index contributed by atoms with van der Waals surface area (Å²) in [5, 5.41) is 42.6. The van der Waals surface area contributed by atoms with E-state index in [2.05, 4.69) is 5.32 Å². The van der Waals surface area contributed by atoms with Crippen molar-refractivity contribution in [2.75, 3.05) is 19.8 Å². The smallest absolute Gasteiger partial charge is 0.424 e. The van der Waals surface area contributed by atoms with Crippen molar-refractivity contribution in [1.29, 1.82) is 0 Å². The molecule has 2 aromatic rings. The summed E-state index contributed by atoms with van der Waals surface area (Å²) in [6.45, 7) is -1.17. The maximum absolute atomic E-state index is 12.6. The van der Waals surface area contributed by atoms with Crippen LogP contribution in [0.4, 0.5) is 4.79 Å². The molecule has 35 heavy (non-hydrogen) atoms. The highest BCUT2D eigenvalue weighted by Gasteiger charge is 2.41. The zero-order chi connectivity index (χ0) is 25.7. The lowest BCUT2D eigenvalue weighted by Gasteiger charge is -2.36. The van der Waals surface area contributed by atoms with Crippen LogP contribution in [0.25, 0.3) is 0 Å². The third kappa shape index (κ3) is 10.0. The fraction of sp³-hybridized carbons (Fsp3) is 0.440. The predicted molar refractivity (Wildman–Crippen MR) is 129 cm³/mol. The molecule has 0 aromatic heterocycles. The molecule has 2 aromatic carbocycles. The third-order valence-corrected chi connectivity index (χ3v) is 5.46. The molecule has 2 rings (SSSR count). The van der Waals surface area contributed by atoms with Crippen molar-refractivity contribution >= 4 is 12.0 Å². The van der Waals surface area contributed by atoms with E-state index < -0.39 is 49.5 Å². The summed E-state index contributed by atoms with van der Waals surface area (Å²) in [5.41, 5.74) is 1.86. The van der Waals surface area contributed by atoms with Gasteiger partial charge in [0.25, 0.3) is 0 Å². The SMILES string of the molecule is NN(C(=O)OCCCCc1ccccc1)C(Cc1ccccc1)C(O)(O)CNC(=O)CC(O)CO. The van der Waals surface area contributed by atoms with Gasteiger partial charge in [0.15, 0.2) is 0 Å². The Kier molecular flexibility index (Phi) is 11.6. The van der Waals surface area contributed by atoms with Crippen LogP contribution in [0, 0.1) is 0 Å². The average molecular weight is 490 g/mol. The molecule has 2 amide bonds. The van der Waals surface area contributed by atoms with Gasteiger partial charge in [0, 0.05) is 0 Å². The minimum absolute atomic E-state index is 0.0252. The lowest BCUT2D eigenvalue weighted by Crippen LogP contribution is -2.62. The van der Waals surface area contributed by atoms with Gasteiger partial charge in [0.05, 0.1) is 32.3 Å².